The first-order chi connectivity index (χ1) is 26.2. The van der Waals surface area contributed by atoms with E-state index >= 15 is 0 Å². The Balaban J connectivity index is 0.00000384. The summed E-state index contributed by atoms with van der Waals surface area (Å²) in [5, 5.41) is 4.67. The molecule has 4 nitrogen and oxygen atoms in total. The van der Waals surface area contributed by atoms with Gasteiger partial charge in [0.05, 0.1) is 22.8 Å². The summed E-state index contributed by atoms with van der Waals surface area (Å²) in [6.07, 6.45) is 10.2. The van der Waals surface area contributed by atoms with Crippen LogP contribution in [0.2, 0.25) is 0 Å². The van der Waals surface area contributed by atoms with E-state index in [4.69, 9.17) is 19.9 Å². The quantitative estimate of drug-likeness (QED) is 0.133. The molecular weight excluding hydrogens is 703 g/mol. The predicted octanol–water partition coefficient (Wildman–Crippen LogP) is 12.0. The van der Waals surface area contributed by atoms with Gasteiger partial charge < -0.3 is 9.97 Å². The topological polar surface area (TPSA) is 54.0 Å². The number of nitrogens with zero attached hydrogens (tertiary/aromatic N) is 4. The summed E-state index contributed by atoms with van der Waals surface area (Å²) in [6, 6.07) is 48.7. The molecule has 5 heteroatoms. The Labute approximate surface area is 322 Å². The van der Waals surface area contributed by atoms with Gasteiger partial charge in [-0.15, -0.1) is 27.8 Å². The molecule has 2 aliphatic heterocycles. The summed E-state index contributed by atoms with van der Waals surface area (Å²) in [4.78, 5) is 21.3. The van der Waals surface area contributed by atoms with E-state index < -0.39 is 0 Å². The van der Waals surface area contributed by atoms with Gasteiger partial charge in [-0.25, -0.2) is 9.97 Å². The zero-order valence-corrected chi connectivity index (χ0v) is 30.0. The van der Waals surface area contributed by atoms with Crippen molar-refractivity contribution < 1.29 is 16.5 Å². The maximum Gasteiger partial charge on any atom is 2.00 e. The fourth-order valence-electron chi connectivity index (χ4n) is 7.54. The molecule has 8 bridgehead atoms. The molecule has 5 heterocycles. The van der Waals surface area contributed by atoms with Crippen molar-refractivity contribution in [3.05, 3.63) is 180 Å². The SMILES string of the molecule is C=C=Cc1c2nc(c(-c3ccc4ccccc4c3)c3ccc([n-]3)c(-c3ccccc3)c3nc(c(-c4ccc5ccccc5c4)c4ccc1[n-]4)C=C3)C=C2.[Ni+2]. The van der Waals surface area contributed by atoms with Crippen LogP contribution in [0.5, 0.6) is 0 Å². The smallest absolute Gasteiger partial charge is 0.657 e. The average molecular weight is 734 g/mol. The number of benzene rings is 5. The van der Waals surface area contributed by atoms with Crippen molar-refractivity contribution in [2.75, 3.05) is 0 Å². The third kappa shape index (κ3) is 5.73. The van der Waals surface area contributed by atoms with Gasteiger partial charge in [0.25, 0.3) is 0 Å². The number of rotatable bonds is 4. The van der Waals surface area contributed by atoms with Crippen molar-refractivity contribution in [2.45, 2.75) is 0 Å². The van der Waals surface area contributed by atoms with Crippen LogP contribution in [0.15, 0.2) is 152 Å². The van der Waals surface area contributed by atoms with Crippen LogP contribution in [0.1, 0.15) is 28.3 Å². The molecule has 0 saturated heterocycles. The first kappa shape index (κ1) is 33.1. The van der Waals surface area contributed by atoms with Crippen LogP contribution in [0, 0.1) is 0 Å². The van der Waals surface area contributed by atoms with Gasteiger partial charge in [0.1, 0.15) is 0 Å². The van der Waals surface area contributed by atoms with E-state index in [0.717, 1.165) is 94.6 Å². The number of fused-ring (bicyclic) bond motifs is 10. The first-order valence-electron chi connectivity index (χ1n) is 17.7. The van der Waals surface area contributed by atoms with E-state index in [2.05, 4.69) is 170 Å². The zero-order valence-electron chi connectivity index (χ0n) is 29.0. The molecule has 0 fully saturated rings. The Morgan fingerprint density at radius 3 is 1.39 bits per heavy atom. The molecule has 0 aliphatic carbocycles. The molecule has 3 aromatic heterocycles. The fraction of sp³-hybridized carbons (Fsp3) is 0. The van der Waals surface area contributed by atoms with Gasteiger partial charge in [-0.1, -0.05) is 134 Å². The molecule has 0 radical (unpaired) electrons. The minimum absolute atomic E-state index is 0. The Bertz CT molecular complexity index is 2990. The van der Waals surface area contributed by atoms with Crippen molar-refractivity contribution in [3.8, 4) is 33.4 Å². The molecule has 0 saturated carbocycles. The molecule has 54 heavy (non-hydrogen) atoms. The van der Waals surface area contributed by atoms with Crippen molar-refractivity contribution >= 4 is 74.0 Å². The van der Waals surface area contributed by atoms with Crippen LogP contribution in [0.3, 0.4) is 0 Å². The van der Waals surface area contributed by atoms with Crippen molar-refractivity contribution in [1.82, 2.24) is 19.9 Å². The summed E-state index contributed by atoms with van der Waals surface area (Å²) in [6.45, 7) is 3.93. The third-order valence-electron chi connectivity index (χ3n) is 10.0. The molecule has 256 valence electrons. The number of hydrogen-bond donors (Lipinski definition) is 0. The van der Waals surface area contributed by atoms with E-state index in [-0.39, 0.29) is 16.5 Å². The van der Waals surface area contributed by atoms with Crippen LogP contribution in [0.4, 0.5) is 0 Å². The first-order valence-corrected chi connectivity index (χ1v) is 17.7. The zero-order chi connectivity index (χ0) is 35.3. The molecule has 0 atom stereocenters. The molecule has 0 spiro atoms. The van der Waals surface area contributed by atoms with Crippen molar-refractivity contribution in [1.29, 1.82) is 0 Å². The van der Waals surface area contributed by atoms with E-state index in [0.29, 0.717) is 0 Å². The minimum Gasteiger partial charge on any atom is -0.657 e. The maximum atomic E-state index is 5.37. The standard InChI is InChI=1S/C49H30N4.Ni/c1-2-10-38-39-21-23-43(50-39)48(36-19-17-31-11-6-8-15-34(31)29-36)45-27-25-41(52-45)47(33-13-4-3-5-14-33)42-26-28-46(53-42)49(44-24-22-40(38)51-44)37-20-18-32-12-7-9-16-35(32)30-37;/h3-30H,1H2;/q-2;+2. The van der Waals surface area contributed by atoms with Crippen LogP contribution < -0.4 is 9.97 Å². The fourth-order valence-corrected chi connectivity index (χ4v) is 7.54. The molecule has 5 aromatic carbocycles. The monoisotopic (exact) mass is 732 g/mol. The van der Waals surface area contributed by atoms with Crippen molar-refractivity contribution in [2.24, 2.45) is 0 Å². The second kappa shape index (κ2) is 13.7. The van der Waals surface area contributed by atoms with Gasteiger partial charge in [-0.2, -0.15) is 0 Å². The summed E-state index contributed by atoms with van der Waals surface area (Å²) in [5.41, 5.74) is 16.4. The molecule has 0 amide bonds. The predicted molar refractivity (Wildman–Crippen MR) is 222 cm³/mol. The summed E-state index contributed by atoms with van der Waals surface area (Å²) < 4.78 is 0. The second-order valence-corrected chi connectivity index (χ2v) is 13.2. The van der Waals surface area contributed by atoms with Gasteiger partial charge in [-0.05, 0) is 103 Å². The Morgan fingerprint density at radius 2 is 0.852 bits per heavy atom. The van der Waals surface area contributed by atoms with Gasteiger partial charge >= 0.3 is 16.5 Å². The van der Waals surface area contributed by atoms with Crippen LogP contribution >= 0.6 is 0 Å². The maximum absolute atomic E-state index is 5.37. The summed E-state index contributed by atoms with van der Waals surface area (Å²) in [5.74, 6) is 0. The van der Waals surface area contributed by atoms with E-state index in [1.807, 2.05) is 12.1 Å². The van der Waals surface area contributed by atoms with Gasteiger partial charge in [0.2, 0.25) is 0 Å². The Hall–Kier alpha value is -6.77. The van der Waals surface area contributed by atoms with Gasteiger partial charge in [-0.3, -0.25) is 0 Å². The van der Waals surface area contributed by atoms with E-state index in [9.17, 15) is 0 Å². The Kier molecular flexibility index (Phi) is 8.37. The summed E-state index contributed by atoms with van der Waals surface area (Å²) in [7, 11) is 0. The molecule has 0 unspecified atom stereocenters. The molecule has 8 aromatic rings. The Morgan fingerprint density at radius 1 is 0.426 bits per heavy atom. The number of hydrogen-bond acceptors (Lipinski definition) is 2. The van der Waals surface area contributed by atoms with Crippen LogP contribution in [0.25, 0.3) is 107 Å². The van der Waals surface area contributed by atoms with Crippen molar-refractivity contribution in [3.63, 3.8) is 0 Å². The largest absolute Gasteiger partial charge is 2.00 e. The summed E-state index contributed by atoms with van der Waals surface area (Å²) >= 11 is 0. The normalized spacial score (nSPS) is 11.8. The van der Waals surface area contributed by atoms with Gasteiger partial charge in [0, 0.05) is 0 Å². The van der Waals surface area contributed by atoms with Gasteiger partial charge in [0.15, 0.2) is 0 Å². The second-order valence-electron chi connectivity index (χ2n) is 13.2. The van der Waals surface area contributed by atoms with Crippen LogP contribution in [-0.4, -0.2) is 9.97 Å². The van der Waals surface area contributed by atoms with E-state index in [1.165, 1.54) is 10.8 Å². The van der Waals surface area contributed by atoms with Crippen LogP contribution in [-0.2, 0) is 16.5 Å². The third-order valence-corrected chi connectivity index (χ3v) is 10.0. The molecule has 0 N–H and O–H groups in total. The molecule has 10 rings (SSSR count). The van der Waals surface area contributed by atoms with E-state index in [1.54, 1.807) is 0 Å². The average Bonchev–Trinajstić information content (AvgIpc) is 4.05. The minimum atomic E-state index is 0. The molecule has 2 aliphatic rings. The number of aromatic nitrogens is 4. The molecular formula is C49H30N4Ni.